The zero-order valence-corrected chi connectivity index (χ0v) is 12.8. The molecule has 118 valence electrons. The second-order valence-corrected chi connectivity index (χ2v) is 5.31. The minimum absolute atomic E-state index is 0.0371. The van der Waals surface area contributed by atoms with Gasteiger partial charge in [0, 0.05) is 6.20 Å². The van der Waals surface area contributed by atoms with E-state index in [1.54, 1.807) is 24.4 Å². The molecule has 1 aromatic heterocycles. The number of nitrogens with one attached hydrogen (secondary N) is 2. The molecule has 1 aliphatic rings. The van der Waals surface area contributed by atoms with Crippen LogP contribution in [0.1, 0.15) is 13.3 Å². The molecule has 6 heteroatoms. The van der Waals surface area contributed by atoms with Crippen molar-refractivity contribution in [1.82, 2.24) is 4.98 Å². The number of fused-ring (bicyclic) bond motifs is 1. The second kappa shape index (κ2) is 6.48. The van der Waals surface area contributed by atoms with Crippen molar-refractivity contribution in [2.45, 2.75) is 19.4 Å². The Hall–Kier alpha value is -2.89. The van der Waals surface area contributed by atoms with Crippen LogP contribution in [0.3, 0.4) is 0 Å². The highest BCUT2D eigenvalue weighted by molar-refractivity contribution is 6.09. The van der Waals surface area contributed by atoms with Crippen molar-refractivity contribution in [2.24, 2.45) is 0 Å². The minimum atomic E-state index is -0.312. The first-order valence-corrected chi connectivity index (χ1v) is 7.57. The van der Waals surface area contributed by atoms with E-state index in [9.17, 15) is 9.59 Å². The van der Waals surface area contributed by atoms with Gasteiger partial charge in [-0.25, -0.2) is 4.98 Å². The molecule has 1 aliphatic heterocycles. The van der Waals surface area contributed by atoms with Gasteiger partial charge < -0.3 is 10.6 Å². The van der Waals surface area contributed by atoms with E-state index in [1.165, 1.54) is 4.90 Å². The Labute approximate surface area is 134 Å². The average molecular weight is 310 g/mol. The molecule has 2 heterocycles. The highest BCUT2D eigenvalue weighted by atomic mass is 16.2. The van der Waals surface area contributed by atoms with Crippen molar-refractivity contribution < 1.29 is 9.59 Å². The quantitative estimate of drug-likeness (QED) is 0.908. The Balaban J connectivity index is 1.80. The van der Waals surface area contributed by atoms with Crippen LogP contribution in [-0.4, -0.2) is 29.4 Å². The van der Waals surface area contributed by atoms with E-state index in [0.717, 1.165) is 11.4 Å². The molecule has 1 atom stereocenters. The molecule has 2 N–H and O–H groups in total. The van der Waals surface area contributed by atoms with Crippen LogP contribution in [0.2, 0.25) is 0 Å². The SMILES string of the molecule is CCC1Nc2ccccc2N(CC(=O)Nc2ccccn2)C1=O. The van der Waals surface area contributed by atoms with Crippen LogP contribution < -0.4 is 15.5 Å². The molecule has 0 aliphatic carbocycles. The van der Waals surface area contributed by atoms with Crippen LogP contribution in [0.5, 0.6) is 0 Å². The Morgan fingerprint density at radius 2 is 2.04 bits per heavy atom. The number of nitrogens with zero attached hydrogens (tertiary/aromatic N) is 2. The molecule has 23 heavy (non-hydrogen) atoms. The van der Waals surface area contributed by atoms with Crippen molar-refractivity contribution in [3.8, 4) is 0 Å². The van der Waals surface area contributed by atoms with Crippen molar-refractivity contribution in [3.05, 3.63) is 48.7 Å². The lowest BCUT2D eigenvalue weighted by Gasteiger charge is -2.34. The molecule has 0 bridgehead atoms. The molecule has 0 radical (unpaired) electrons. The topological polar surface area (TPSA) is 74.3 Å². The van der Waals surface area contributed by atoms with Gasteiger partial charge in [0.2, 0.25) is 11.8 Å². The van der Waals surface area contributed by atoms with Gasteiger partial charge in [-0.1, -0.05) is 25.1 Å². The number of para-hydroxylation sites is 2. The zero-order valence-electron chi connectivity index (χ0n) is 12.8. The summed E-state index contributed by atoms with van der Waals surface area (Å²) in [4.78, 5) is 30.4. The highest BCUT2D eigenvalue weighted by Gasteiger charge is 2.32. The van der Waals surface area contributed by atoms with E-state index in [1.807, 2.05) is 31.2 Å². The first-order chi connectivity index (χ1) is 11.2. The van der Waals surface area contributed by atoms with Gasteiger partial charge in [-0.3, -0.25) is 14.5 Å². The van der Waals surface area contributed by atoms with Gasteiger partial charge in [-0.05, 0) is 30.7 Å². The number of rotatable bonds is 4. The number of hydrogen-bond acceptors (Lipinski definition) is 4. The van der Waals surface area contributed by atoms with E-state index in [4.69, 9.17) is 0 Å². The van der Waals surface area contributed by atoms with E-state index < -0.39 is 0 Å². The monoisotopic (exact) mass is 310 g/mol. The number of anilines is 3. The number of amides is 2. The largest absolute Gasteiger partial charge is 0.372 e. The summed E-state index contributed by atoms with van der Waals surface area (Å²) < 4.78 is 0. The third-order valence-corrected chi connectivity index (χ3v) is 3.73. The second-order valence-electron chi connectivity index (χ2n) is 5.31. The van der Waals surface area contributed by atoms with Gasteiger partial charge in [-0.15, -0.1) is 0 Å². The number of pyridine rings is 1. The number of hydrogen-bond donors (Lipinski definition) is 2. The molecule has 0 fully saturated rings. The molecular formula is C17H18N4O2. The maximum absolute atomic E-state index is 12.6. The van der Waals surface area contributed by atoms with E-state index in [-0.39, 0.29) is 24.4 Å². The van der Waals surface area contributed by atoms with Crippen molar-refractivity contribution in [1.29, 1.82) is 0 Å². The Morgan fingerprint density at radius 1 is 1.26 bits per heavy atom. The third kappa shape index (κ3) is 3.15. The molecule has 0 spiro atoms. The fourth-order valence-corrected chi connectivity index (χ4v) is 2.59. The lowest BCUT2D eigenvalue weighted by molar-refractivity contribution is -0.122. The number of aromatic nitrogens is 1. The van der Waals surface area contributed by atoms with Gasteiger partial charge in [0.25, 0.3) is 0 Å². The van der Waals surface area contributed by atoms with E-state index >= 15 is 0 Å². The molecule has 1 unspecified atom stereocenters. The summed E-state index contributed by atoms with van der Waals surface area (Å²) in [7, 11) is 0. The van der Waals surface area contributed by atoms with Crippen LogP contribution in [0, 0.1) is 0 Å². The van der Waals surface area contributed by atoms with Crippen LogP contribution in [0.15, 0.2) is 48.7 Å². The maximum atomic E-state index is 12.6. The fraction of sp³-hybridized carbons (Fsp3) is 0.235. The van der Waals surface area contributed by atoms with Gasteiger partial charge in [0.05, 0.1) is 11.4 Å². The van der Waals surface area contributed by atoms with Crippen LogP contribution >= 0.6 is 0 Å². The normalized spacial score (nSPS) is 16.5. The average Bonchev–Trinajstić information content (AvgIpc) is 2.58. The summed E-state index contributed by atoms with van der Waals surface area (Å²) >= 11 is 0. The predicted octanol–water partition coefficient (Wildman–Crippen LogP) is 2.26. The standard InChI is InChI=1S/C17H18N4O2/c1-2-12-17(23)21(14-8-4-3-7-13(14)19-12)11-16(22)20-15-9-5-6-10-18-15/h3-10,12,19H,2,11H2,1H3,(H,18,20,22). The van der Waals surface area contributed by atoms with Crippen molar-refractivity contribution in [2.75, 3.05) is 22.1 Å². The van der Waals surface area contributed by atoms with Gasteiger partial charge in [-0.2, -0.15) is 0 Å². The molecule has 2 aromatic rings. The lowest BCUT2D eigenvalue weighted by atomic mass is 10.1. The number of carbonyl (C=O) groups excluding carboxylic acids is 2. The van der Waals surface area contributed by atoms with Crippen molar-refractivity contribution >= 4 is 29.0 Å². The fourth-order valence-electron chi connectivity index (χ4n) is 2.59. The predicted molar refractivity (Wildman–Crippen MR) is 89.4 cm³/mol. The summed E-state index contributed by atoms with van der Waals surface area (Å²) in [5, 5.41) is 5.92. The van der Waals surface area contributed by atoms with Crippen LogP contribution in [0.25, 0.3) is 0 Å². The summed E-state index contributed by atoms with van der Waals surface area (Å²) in [5.74, 6) is 0.103. The number of benzene rings is 1. The summed E-state index contributed by atoms with van der Waals surface area (Å²) in [6.07, 6.45) is 2.26. The molecule has 3 rings (SSSR count). The molecule has 0 saturated heterocycles. The molecule has 0 saturated carbocycles. The van der Waals surface area contributed by atoms with E-state index in [2.05, 4.69) is 15.6 Å². The highest BCUT2D eigenvalue weighted by Crippen LogP contribution is 2.31. The van der Waals surface area contributed by atoms with Crippen molar-refractivity contribution in [3.63, 3.8) is 0 Å². The molecule has 6 nitrogen and oxygen atoms in total. The summed E-state index contributed by atoms with van der Waals surface area (Å²) in [6, 6.07) is 12.5. The van der Waals surface area contributed by atoms with Crippen LogP contribution in [0.4, 0.5) is 17.2 Å². The first-order valence-electron chi connectivity index (χ1n) is 7.57. The maximum Gasteiger partial charge on any atom is 0.250 e. The smallest absolute Gasteiger partial charge is 0.250 e. The van der Waals surface area contributed by atoms with E-state index in [0.29, 0.717) is 12.2 Å². The Kier molecular flexibility index (Phi) is 4.23. The van der Waals surface area contributed by atoms with Gasteiger partial charge in [0.1, 0.15) is 18.4 Å². The summed E-state index contributed by atoms with van der Waals surface area (Å²) in [6.45, 7) is 1.90. The molecular weight excluding hydrogens is 292 g/mol. The Morgan fingerprint density at radius 3 is 2.78 bits per heavy atom. The van der Waals surface area contributed by atoms with Gasteiger partial charge in [0.15, 0.2) is 0 Å². The number of carbonyl (C=O) groups is 2. The third-order valence-electron chi connectivity index (χ3n) is 3.73. The lowest BCUT2D eigenvalue weighted by Crippen LogP contribution is -2.49. The minimum Gasteiger partial charge on any atom is -0.372 e. The van der Waals surface area contributed by atoms with Crippen LogP contribution in [-0.2, 0) is 9.59 Å². The summed E-state index contributed by atoms with van der Waals surface area (Å²) in [5.41, 5.74) is 1.59. The molecule has 1 aromatic carbocycles. The zero-order chi connectivity index (χ0) is 16.2. The first kappa shape index (κ1) is 15.0. The molecule has 2 amide bonds. The van der Waals surface area contributed by atoms with Gasteiger partial charge >= 0.3 is 0 Å². The Bertz CT molecular complexity index is 718.